The van der Waals surface area contributed by atoms with E-state index in [-0.39, 0.29) is 5.91 Å². The number of amides is 4. The first-order chi connectivity index (χ1) is 8.36. The number of nitrogens with one attached hydrogen (secondary N) is 3. The van der Waals surface area contributed by atoms with Gasteiger partial charge in [-0.1, -0.05) is 0 Å². The van der Waals surface area contributed by atoms with Gasteiger partial charge in [-0.05, 0) is 13.8 Å². The Morgan fingerprint density at radius 1 is 1.22 bits per heavy atom. The van der Waals surface area contributed by atoms with Crippen LogP contribution >= 0.6 is 0 Å². The number of urea groups is 1. The van der Waals surface area contributed by atoms with Gasteiger partial charge in [0, 0.05) is 18.7 Å². The number of hydrogen-bond acceptors (Lipinski definition) is 4. The van der Waals surface area contributed by atoms with E-state index in [4.69, 9.17) is 5.11 Å². The summed E-state index contributed by atoms with van der Waals surface area (Å²) in [6.07, 6.45) is 1.29. The molecule has 8 nitrogen and oxygen atoms in total. The first kappa shape index (κ1) is 15.6. The molecule has 1 atom stereocenters. The van der Waals surface area contributed by atoms with Crippen molar-refractivity contribution in [3.8, 4) is 0 Å². The lowest BCUT2D eigenvalue weighted by Gasteiger charge is -2.12. The molecular formula is C10H15N3O5. The average molecular weight is 257 g/mol. The van der Waals surface area contributed by atoms with E-state index in [1.54, 1.807) is 6.92 Å². The number of likely N-dealkylation sites (N-methyl/N-ethyl adjacent to an activating group) is 1. The fraction of sp³-hybridized carbons (Fsp3) is 0.400. The molecule has 4 amide bonds. The summed E-state index contributed by atoms with van der Waals surface area (Å²) >= 11 is 0. The molecule has 0 spiro atoms. The van der Waals surface area contributed by atoms with Crippen molar-refractivity contribution in [1.82, 2.24) is 16.0 Å². The maximum atomic E-state index is 11.2. The predicted octanol–water partition coefficient (Wildman–Crippen LogP) is -1.02. The minimum Gasteiger partial charge on any atom is -0.478 e. The zero-order chi connectivity index (χ0) is 14.1. The van der Waals surface area contributed by atoms with Gasteiger partial charge in [0.15, 0.2) is 0 Å². The molecule has 0 saturated heterocycles. The van der Waals surface area contributed by atoms with E-state index < -0.39 is 23.9 Å². The Hall–Kier alpha value is -2.38. The van der Waals surface area contributed by atoms with Crippen LogP contribution in [0.5, 0.6) is 0 Å². The summed E-state index contributed by atoms with van der Waals surface area (Å²) < 4.78 is 0. The van der Waals surface area contributed by atoms with E-state index in [0.717, 1.165) is 0 Å². The topological polar surface area (TPSA) is 125 Å². The zero-order valence-electron chi connectivity index (χ0n) is 10.0. The van der Waals surface area contributed by atoms with Crippen molar-refractivity contribution in [3.05, 3.63) is 12.2 Å². The van der Waals surface area contributed by atoms with Gasteiger partial charge < -0.3 is 15.7 Å². The molecule has 100 valence electrons. The maximum absolute atomic E-state index is 11.2. The maximum Gasteiger partial charge on any atom is 0.328 e. The van der Waals surface area contributed by atoms with Gasteiger partial charge in [0.1, 0.15) is 6.04 Å². The quantitative estimate of drug-likeness (QED) is 0.469. The van der Waals surface area contributed by atoms with Gasteiger partial charge >= 0.3 is 12.0 Å². The van der Waals surface area contributed by atoms with Crippen molar-refractivity contribution in [2.24, 2.45) is 0 Å². The molecule has 0 aromatic rings. The van der Waals surface area contributed by atoms with Crippen LogP contribution in [0.2, 0.25) is 0 Å². The molecule has 1 unspecified atom stereocenters. The predicted molar refractivity (Wildman–Crippen MR) is 61.6 cm³/mol. The minimum absolute atomic E-state index is 0.388. The van der Waals surface area contributed by atoms with Crippen molar-refractivity contribution in [3.63, 3.8) is 0 Å². The van der Waals surface area contributed by atoms with Crippen molar-refractivity contribution in [1.29, 1.82) is 0 Å². The third-order valence-electron chi connectivity index (χ3n) is 1.71. The highest BCUT2D eigenvalue weighted by Gasteiger charge is 2.15. The summed E-state index contributed by atoms with van der Waals surface area (Å²) in [5, 5.41) is 14.8. The van der Waals surface area contributed by atoms with Crippen LogP contribution in [0.25, 0.3) is 0 Å². The van der Waals surface area contributed by atoms with Crippen LogP contribution in [-0.2, 0) is 14.4 Å². The lowest BCUT2D eigenvalue weighted by Crippen LogP contribution is -2.49. The Kier molecular flexibility index (Phi) is 6.79. The van der Waals surface area contributed by atoms with E-state index in [0.29, 0.717) is 18.7 Å². The van der Waals surface area contributed by atoms with Crippen molar-refractivity contribution in [2.45, 2.75) is 19.9 Å². The van der Waals surface area contributed by atoms with E-state index >= 15 is 0 Å². The van der Waals surface area contributed by atoms with Gasteiger partial charge in [0.05, 0.1) is 0 Å². The summed E-state index contributed by atoms with van der Waals surface area (Å²) in [4.78, 5) is 43.6. The molecule has 0 aliphatic rings. The monoisotopic (exact) mass is 257 g/mol. The van der Waals surface area contributed by atoms with Crippen molar-refractivity contribution < 1.29 is 24.3 Å². The first-order valence-electron chi connectivity index (χ1n) is 5.17. The molecule has 0 fully saturated rings. The Morgan fingerprint density at radius 2 is 1.83 bits per heavy atom. The van der Waals surface area contributed by atoms with Gasteiger partial charge in [0.25, 0.3) is 5.91 Å². The van der Waals surface area contributed by atoms with E-state index in [1.807, 2.05) is 5.32 Å². The van der Waals surface area contributed by atoms with Gasteiger partial charge in [-0.2, -0.15) is 0 Å². The lowest BCUT2D eigenvalue weighted by molar-refractivity contribution is -0.131. The van der Waals surface area contributed by atoms with Crippen molar-refractivity contribution >= 4 is 23.8 Å². The number of carboxylic acid groups (broad SMARTS) is 1. The summed E-state index contributed by atoms with van der Waals surface area (Å²) in [6.45, 7) is 3.60. The molecule has 0 heterocycles. The Bertz CT molecular complexity index is 378. The summed E-state index contributed by atoms with van der Waals surface area (Å²) in [6, 6.07) is -1.69. The highest BCUT2D eigenvalue weighted by Crippen LogP contribution is 1.82. The second-order valence-corrected chi connectivity index (χ2v) is 3.25. The number of imide groups is 1. The number of carboxylic acids is 1. The van der Waals surface area contributed by atoms with Crippen LogP contribution in [0.4, 0.5) is 4.79 Å². The third kappa shape index (κ3) is 6.99. The number of hydrogen-bond donors (Lipinski definition) is 4. The molecule has 0 radical (unpaired) electrons. The molecule has 0 aliphatic carbocycles. The Labute approximate surface area is 103 Å². The van der Waals surface area contributed by atoms with Crippen LogP contribution in [0, 0.1) is 0 Å². The van der Waals surface area contributed by atoms with E-state index in [9.17, 15) is 19.2 Å². The van der Waals surface area contributed by atoms with Gasteiger partial charge in [-0.15, -0.1) is 0 Å². The SMILES string of the molecule is CCNC(=O)C(C)NC(=O)NC(=O)C=CC(=O)O. The summed E-state index contributed by atoms with van der Waals surface area (Å²) in [5.74, 6) is -2.58. The molecule has 4 N–H and O–H groups in total. The van der Waals surface area contributed by atoms with Crippen LogP contribution < -0.4 is 16.0 Å². The fourth-order valence-corrected chi connectivity index (χ4v) is 0.926. The Morgan fingerprint density at radius 3 is 2.33 bits per heavy atom. The lowest BCUT2D eigenvalue weighted by atomic mass is 10.3. The number of carbonyl (C=O) groups excluding carboxylic acids is 3. The van der Waals surface area contributed by atoms with Gasteiger partial charge in [0.2, 0.25) is 5.91 Å². The average Bonchev–Trinajstić information content (AvgIpc) is 2.26. The Balaban J connectivity index is 4.15. The minimum atomic E-state index is -1.30. The molecule has 18 heavy (non-hydrogen) atoms. The van der Waals surface area contributed by atoms with Gasteiger partial charge in [-0.25, -0.2) is 9.59 Å². The van der Waals surface area contributed by atoms with Crippen molar-refractivity contribution in [2.75, 3.05) is 6.54 Å². The second-order valence-electron chi connectivity index (χ2n) is 3.25. The van der Waals surface area contributed by atoms with Gasteiger partial charge in [-0.3, -0.25) is 14.9 Å². The summed E-state index contributed by atoms with van der Waals surface area (Å²) in [5.41, 5.74) is 0. The van der Waals surface area contributed by atoms with Crippen LogP contribution in [-0.4, -0.2) is 41.5 Å². The molecule has 0 aromatic heterocycles. The van der Waals surface area contributed by atoms with Crippen LogP contribution in [0.15, 0.2) is 12.2 Å². The third-order valence-corrected chi connectivity index (χ3v) is 1.71. The number of rotatable bonds is 5. The smallest absolute Gasteiger partial charge is 0.328 e. The molecule has 0 bridgehead atoms. The molecule has 0 aliphatic heterocycles. The van der Waals surface area contributed by atoms with Crippen LogP contribution in [0.1, 0.15) is 13.8 Å². The van der Waals surface area contributed by atoms with E-state index in [2.05, 4.69) is 10.6 Å². The number of aliphatic carboxylic acids is 1. The highest BCUT2D eigenvalue weighted by atomic mass is 16.4. The molecule has 0 rings (SSSR count). The first-order valence-corrected chi connectivity index (χ1v) is 5.17. The second kappa shape index (κ2) is 7.82. The normalized spacial score (nSPS) is 11.7. The number of carbonyl (C=O) groups is 4. The largest absolute Gasteiger partial charge is 0.478 e. The fourth-order valence-electron chi connectivity index (χ4n) is 0.926. The molecule has 8 heteroatoms. The molecule has 0 aromatic carbocycles. The highest BCUT2D eigenvalue weighted by molar-refractivity contribution is 6.03. The summed E-state index contributed by atoms with van der Waals surface area (Å²) in [7, 11) is 0. The molecular weight excluding hydrogens is 242 g/mol. The molecule has 0 saturated carbocycles. The standard InChI is InChI=1S/C10H15N3O5/c1-3-11-9(17)6(2)12-10(18)13-7(14)4-5-8(15)16/h4-6H,3H2,1-2H3,(H,11,17)(H,15,16)(H2,12,13,14,18). The van der Waals surface area contributed by atoms with E-state index in [1.165, 1.54) is 6.92 Å². The zero-order valence-corrected chi connectivity index (χ0v) is 10.0. The van der Waals surface area contributed by atoms with Crippen LogP contribution in [0.3, 0.4) is 0 Å².